The minimum atomic E-state index is -0.795. The lowest BCUT2D eigenvalue weighted by molar-refractivity contribution is 0.0445. The third-order valence-corrected chi connectivity index (χ3v) is 3.46. The van der Waals surface area contributed by atoms with Crippen LogP contribution in [0.2, 0.25) is 0 Å². The van der Waals surface area contributed by atoms with E-state index in [1.807, 2.05) is 4.90 Å². The highest BCUT2D eigenvalue weighted by atomic mass is 19.1. The van der Waals surface area contributed by atoms with Crippen LogP contribution in [-0.4, -0.2) is 28.9 Å². The van der Waals surface area contributed by atoms with Crippen LogP contribution < -0.4 is 4.90 Å². The summed E-state index contributed by atoms with van der Waals surface area (Å²) in [6, 6.07) is 4.72. The second kappa shape index (κ2) is 4.86. The van der Waals surface area contributed by atoms with E-state index in [0.717, 1.165) is 12.8 Å². The van der Waals surface area contributed by atoms with Crippen LogP contribution >= 0.6 is 0 Å². The van der Waals surface area contributed by atoms with Gasteiger partial charge in [-0.2, -0.15) is 0 Å². The Morgan fingerprint density at radius 2 is 2.17 bits per heavy atom. The first-order valence-corrected chi connectivity index (χ1v) is 6.34. The van der Waals surface area contributed by atoms with E-state index in [1.54, 1.807) is 26.0 Å². The van der Waals surface area contributed by atoms with E-state index in [1.165, 1.54) is 6.07 Å². The van der Waals surface area contributed by atoms with E-state index in [-0.39, 0.29) is 5.82 Å². The Morgan fingerprint density at radius 3 is 2.78 bits per heavy atom. The molecule has 2 N–H and O–H groups in total. The van der Waals surface area contributed by atoms with Crippen LogP contribution in [0, 0.1) is 5.82 Å². The van der Waals surface area contributed by atoms with Crippen LogP contribution in [0.15, 0.2) is 18.2 Å². The molecule has 0 bridgehead atoms. The van der Waals surface area contributed by atoms with Gasteiger partial charge in [0.1, 0.15) is 5.82 Å². The van der Waals surface area contributed by atoms with Gasteiger partial charge in [-0.1, -0.05) is 12.1 Å². The molecule has 0 spiro atoms. The molecule has 1 aliphatic heterocycles. The number of rotatable bonds is 2. The van der Waals surface area contributed by atoms with Gasteiger partial charge in [-0.25, -0.2) is 4.39 Å². The molecule has 0 amide bonds. The number of aliphatic hydroxyl groups is 2. The van der Waals surface area contributed by atoms with Crippen molar-refractivity contribution < 1.29 is 14.6 Å². The summed E-state index contributed by atoms with van der Waals surface area (Å²) in [4.78, 5) is 1.83. The standard InChI is InChI=1S/C14H20FNO2/c1-10(17)11-5-3-6-12(15)13(11)16-8-4-7-14(2,18)9-16/h3,5-6,10,17-18H,4,7-9H2,1-2H3/t10-,14?/m1/s1. The maximum atomic E-state index is 14.0. The third-order valence-electron chi connectivity index (χ3n) is 3.46. The fourth-order valence-electron chi connectivity index (χ4n) is 2.61. The van der Waals surface area contributed by atoms with Crippen molar-refractivity contribution in [1.82, 2.24) is 0 Å². The van der Waals surface area contributed by atoms with Crippen molar-refractivity contribution in [1.29, 1.82) is 0 Å². The van der Waals surface area contributed by atoms with Gasteiger partial charge in [0.25, 0.3) is 0 Å². The zero-order valence-corrected chi connectivity index (χ0v) is 10.9. The number of piperidine rings is 1. The van der Waals surface area contributed by atoms with Crippen molar-refractivity contribution in [2.75, 3.05) is 18.0 Å². The Balaban J connectivity index is 2.38. The van der Waals surface area contributed by atoms with Gasteiger partial charge < -0.3 is 15.1 Å². The van der Waals surface area contributed by atoms with Gasteiger partial charge in [0.15, 0.2) is 0 Å². The minimum absolute atomic E-state index is 0.342. The van der Waals surface area contributed by atoms with Gasteiger partial charge >= 0.3 is 0 Å². The number of benzene rings is 1. The summed E-state index contributed by atoms with van der Waals surface area (Å²) in [5, 5.41) is 19.8. The largest absolute Gasteiger partial charge is 0.389 e. The molecule has 100 valence electrons. The van der Waals surface area contributed by atoms with Crippen LogP contribution in [-0.2, 0) is 0 Å². The van der Waals surface area contributed by atoms with Gasteiger partial charge in [0, 0.05) is 18.7 Å². The summed E-state index contributed by atoms with van der Waals surface area (Å²) in [6.45, 7) is 4.49. The minimum Gasteiger partial charge on any atom is -0.389 e. The Morgan fingerprint density at radius 1 is 1.44 bits per heavy atom. The van der Waals surface area contributed by atoms with E-state index in [2.05, 4.69) is 0 Å². The first kappa shape index (κ1) is 13.3. The number of para-hydroxylation sites is 1. The molecule has 2 atom stereocenters. The normalized spacial score (nSPS) is 26.2. The molecule has 18 heavy (non-hydrogen) atoms. The molecule has 0 aliphatic carbocycles. The molecule has 0 radical (unpaired) electrons. The molecule has 2 rings (SSSR count). The number of halogens is 1. The van der Waals surface area contributed by atoms with E-state index < -0.39 is 11.7 Å². The fourth-order valence-corrected chi connectivity index (χ4v) is 2.61. The zero-order valence-electron chi connectivity index (χ0n) is 10.9. The smallest absolute Gasteiger partial charge is 0.146 e. The molecule has 1 fully saturated rings. The van der Waals surface area contributed by atoms with Crippen LogP contribution in [0.3, 0.4) is 0 Å². The molecule has 1 aliphatic rings. The highest BCUT2D eigenvalue weighted by Gasteiger charge is 2.31. The lowest BCUT2D eigenvalue weighted by Crippen LogP contribution is -2.46. The molecule has 1 aromatic carbocycles. The zero-order chi connectivity index (χ0) is 13.3. The summed E-state index contributed by atoms with van der Waals surface area (Å²) in [6.07, 6.45) is 0.824. The SMILES string of the molecule is C[C@@H](O)c1cccc(F)c1N1CCCC(C)(O)C1. The molecule has 1 unspecified atom stereocenters. The van der Waals surface area contributed by atoms with Gasteiger partial charge in [0.05, 0.1) is 17.4 Å². The van der Waals surface area contributed by atoms with Crippen molar-refractivity contribution in [3.05, 3.63) is 29.6 Å². The molecule has 0 saturated carbocycles. The van der Waals surface area contributed by atoms with Crippen molar-refractivity contribution >= 4 is 5.69 Å². The number of β-amino-alcohol motifs (C(OH)–C–C–N with tert-alkyl or cyclic N) is 1. The molecule has 4 heteroatoms. The molecule has 3 nitrogen and oxygen atoms in total. The van der Waals surface area contributed by atoms with E-state index in [4.69, 9.17) is 0 Å². The van der Waals surface area contributed by atoms with Crippen LogP contribution in [0.4, 0.5) is 10.1 Å². The second-order valence-electron chi connectivity index (χ2n) is 5.38. The summed E-state index contributed by atoms with van der Waals surface area (Å²) in [5.74, 6) is -0.342. The predicted molar refractivity (Wildman–Crippen MR) is 69.1 cm³/mol. The van der Waals surface area contributed by atoms with Crippen molar-refractivity contribution in [3.63, 3.8) is 0 Å². The summed E-state index contributed by atoms with van der Waals surface area (Å²) in [7, 11) is 0. The number of anilines is 1. The van der Waals surface area contributed by atoms with Crippen molar-refractivity contribution in [3.8, 4) is 0 Å². The molecule has 1 heterocycles. The first-order valence-electron chi connectivity index (χ1n) is 6.34. The Kier molecular flexibility index (Phi) is 3.59. The van der Waals surface area contributed by atoms with Crippen LogP contribution in [0.25, 0.3) is 0 Å². The average Bonchev–Trinajstić information content (AvgIpc) is 2.27. The lowest BCUT2D eigenvalue weighted by Gasteiger charge is -2.39. The highest BCUT2D eigenvalue weighted by molar-refractivity contribution is 5.56. The van der Waals surface area contributed by atoms with E-state index in [0.29, 0.717) is 24.3 Å². The summed E-state index contributed by atoms with van der Waals surface area (Å²) in [5.41, 5.74) is 0.205. The van der Waals surface area contributed by atoms with Crippen molar-refractivity contribution in [2.24, 2.45) is 0 Å². The second-order valence-corrected chi connectivity index (χ2v) is 5.38. The lowest BCUT2D eigenvalue weighted by atomic mass is 9.93. The molecular formula is C14H20FNO2. The fraction of sp³-hybridized carbons (Fsp3) is 0.571. The van der Waals surface area contributed by atoms with Gasteiger partial charge in [-0.05, 0) is 32.8 Å². The maximum Gasteiger partial charge on any atom is 0.146 e. The Bertz CT molecular complexity index is 432. The quantitative estimate of drug-likeness (QED) is 0.849. The van der Waals surface area contributed by atoms with Crippen molar-refractivity contribution in [2.45, 2.75) is 38.4 Å². The van der Waals surface area contributed by atoms with Crippen LogP contribution in [0.5, 0.6) is 0 Å². The maximum absolute atomic E-state index is 14.0. The van der Waals surface area contributed by atoms with Gasteiger partial charge in [-0.15, -0.1) is 0 Å². The third kappa shape index (κ3) is 2.65. The molecule has 0 aromatic heterocycles. The molecule has 1 saturated heterocycles. The number of aliphatic hydroxyl groups excluding tert-OH is 1. The van der Waals surface area contributed by atoms with Crippen LogP contribution in [0.1, 0.15) is 38.4 Å². The van der Waals surface area contributed by atoms with E-state index >= 15 is 0 Å². The highest BCUT2D eigenvalue weighted by Crippen LogP contribution is 2.33. The van der Waals surface area contributed by atoms with Gasteiger partial charge in [0.2, 0.25) is 0 Å². The number of nitrogens with zero attached hydrogens (tertiary/aromatic N) is 1. The molecule has 1 aromatic rings. The summed E-state index contributed by atoms with van der Waals surface area (Å²) >= 11 is 0. The predicted octanol–water partition coefficient (Wildman–Crippen LogP) is 2.23. The Hall–Kier alpha value is -1.13. The van der Waals surface area contributed by atoms with Gasteiger partial charge in [-0.3, -0.25) is 0 Å². The topological polar surface area (TPSA) is 43.7 Å². The monoisotopic (exact) mass is 253 g/mol. The molecular weight excluding hydrogens is 233 g/mol. The number of hydrogen-bond donors (Lipinski definition) is 2. The first-order chi connectivity index (χ1) is 8.41. The summed E-state index contributed by atoms with van der Waals surface area (Å²) < 4.78 is 14.0. The number of hydrogen-bond acceptors (Lipinski definition) is 3. The Labute approximate surface area is 107 Å². The van der Waals surface area contributed by atoms with E-state index in [9.17, 15) is 14.6 Å². The average molecular weight is 253 g/mol.